The standard InChI is InChI=1S/C30H16F6N3.Ir/c31-29(32,33)28(30(34,35)36,38-24-14-6-3-11-20(24)21-12-4-7-15-25(21)38)23-17-37-39-26-16-8-5-10-19(26)18-9-1-2-13-22(18)27(23)39;/h1-15,17H;/q-1;. The van der Waals surface area contributed by atoms with Gasteiger partial charge in [0.25, 0.3) is 5.54 Å². The Hall–Kier alpha value is -3.88. The maximum absolute atomic E-state index is 15.5. The van der Waals surface area contributed by atoms with Crippen LogP contribution in [-0.4, -0.2) is 26.5 Å². The van der Waals surface area contributed by atoms with Gasteiger partial charge >= 0.3 is 12.4 Å². The van der Waals surface area contributed by atoms with Crippen molar-refractivity contribution in [3.05, 3.63) is 109 Å². The summed E-state index contributed by atoms with van der Waals surface area (Å²) in [4.78, 5) is 0. The van der Waals surface area contributed by atoms with E-state index in [2.05, 4.69) is 11.2 Å². The predicted molar refractivity (Wildman–Crippen MR) is 138 cm³/mol. The summed E-state index contributed by atoms with van der Waals surface area (Å²) in [5, 5.41) is 6.02. The number of benzene rings is 4. The normalized spacial score (nSPS) is 13.1. The maximum atomic E-state index is 15.5. The Morgan fingerprint density at radius 1 is 0.600 bits per heavy atom. The molecule has 0 bridgehead atoms. The van der Waals surface area contributed by atoms with Crippen molar-refractivity contribution in [1.29, 1.82) is 0 Å². The summed E-state index contributed by atoms with van der Waals surface area (Å²) in [5.74, 6) is 0. The molecule has 1 radical (unpaired) electrons. The van der Waals surface area contributed by atoms with E-state index in [4.69, 9.17) is 0 Å². The zero-order valence-electron chi connectivity index (χ0n) is 20.2. The quantitative estimate of drug-likeness (QED) is 0.0998. The summed E-state index contributed by atoms with van der Waals surface area (Å²) in [6.07, 6.45) is -10.9. The van der Waals surface area contributed by atoms with E-state index < -0.39 is 23.5 Å². The van der Waals surface area contributed by atoms with Crippen molar-refractivity contribution >= 4 is 49.0 Å². The average Bonchev–Trinajstić information content (AvgIpc) is 3.49. The molecule has 40 heavy (non-hydrogen) atoms. The van der Waals surface area contributed by atoms with Gasteiger partial charge in [-0.05, 0) is 23.0 Å². The van der Waals surface area contributed by atoms with Crippen LogP contribution in [0.1, 0.15) is 5.56 Å². The number of hydrogen-bond donors (Lipinski definition) is 0. The maximum Gasteiger partial charge on any atom is 0.425 e. The van der Waals surface area contributed by atoms with E-state index >= 15 is 26.3 Å². The first-order valence-electron chi connectivity index (χ1n) is 12.0. The second kappa shape index (κ2) is 8.81. The van der Waals surface area contributed by atoms with Gasteiger partial charge in [-0.15, -0.1) is 5.39 Å². The number of aromatic nitrogens is 3. The second-order valence-corrected chi connectivity index (χ2v) is 9.37. The number of hydrogen-bond acceptors (Lipinski definition) is 1. The van der Waals surface area contributed by atoms with E-state index in [1.165, 1.54) is 42.5 Å². The smallest absolute Gasteiger partial charge is 0.314 e. The van der Waals surface area contributed by atoms with Gasteiger partial charge in [0.2, 0.25) is 0 Å². The minimum Gasteiger partial charge on any atom is -0.314 e. The van der Waals surface area contributed by atoms with Gasteiger partial charge in [-0.25, -0.2) is 0 Å². The summed E-state index contributed by atoms with van der Waals surface area (Å²) in [6.45, 7) is 0. The molecule has 10 heteroatoms. The Morgan fingerprint density at radius 2 is 1.10 bits per heavy atom. The SMILES string of the molecule is FC(F)(F)C(c1cnn2c3[c-]cccc3c3ccccc3c12)(n1c2ccccc2c2ccccc21)C(F)(F)F.[Ir]. The summed E-state index contributed by atoms with van der Waals surface area (Å²) in [7, 11) is 0. The fraction of sp³-hybridized carbons (Fsp3) is 0.100. The van der Waals surface area contributed by atoms with Crippen molar-refractivity contribution < 1.29 is 46.4 Å². The fourth-order valence-electron chi connectivity index (χ4n) is 5.91. The minimum atomic E-state index is -5.81. The van der Waals surface area contributed by atoms with E-state index in [0.29, 0.717) is 21.5 Å². The van der Waals surface area contributed by atoms with Gasteiger partial charge < -0.3 is 4.57 Å². The van der Waals surface area contributed by atoms with Crippen LogP contribution >= 0.6 is 0 Å². The number of pyridine rings is 1. The molecule has 0 aliphatic rings. The molecule has 0 amide bonds. The molecule has 0 N–H and O–H groups in total. The molecule has 3 aromatic heterocycles. The van der Waals surface area contributed by atoms with E-state index in [1.807, 2.05) is 0 Å². The summed E-state index contributed by atoms with van der Waals surface area (Å²) in [6, 6.07) is 26.1. The third kappa shape index (κ3) is 3.26. The van der Waals surface area contributed by atoms with E-state index in [-0.39, 0.29) is 58.3 Å². The zero-order chi connectivity index (χ0) is 27.2. The van der Waals surface area contributed by atoms with Crippen molar-refractivity contribution in [3.63, 3.8) is 0 Å². The van der Waals surface area contributed by atoms with Crippen LogP contribution < -0.4 is 0 Å². The van der Waals surface area contributed by atoms with Crippen molar-refractivity contribution in [3.8, 4) is 0 Å². The first-order chi connectivity index (χ1) is 18.7. The summed E-state index contributed by atoms with van der Waals surface area (Å²) in [5.41, 5.74) is -5.86. The molecule has 7 rings (SSSR count). The van der Waals surface area contributed by atoms with E-state index in [9.17, 15) is 0 Å². The first kappa shape index (κ1) is 26.3. The van der Waals surface area contributed by atoms with Crippen LogP contribution in [0.4, 0.5) is 26.3 Å². The zero-order valence-corrected chi connectivity index (χ0v) is 22.6. The van der Waals surface area contributed by atoms with Gasteiger partial charge in [0.1, 0.15) is 0 Å². The Morgan fingerprint density at radius 3 is 1.68 bits per heavy atom. The topological polar surface area (TPSA) is 22.2 Å². The Labute approximate surface area is 236 Å². The second-order valence-electron chi connectivity index (χ2n) is 9.37. The largest absolute Gasteiger partial charge is 0.425 e. The number of alkyl halides is 6. The predicted octanol–water partition coefficient (Wildman–Crippen LogP) is 8.41. The molecule has 0 aliphatic carbocycles. The first-order valence-corrected chi connectivity index (χ1v) is 12.0. The number of rotatable bonds is 2. The molecule has 3 heterocycles. The molecule has 3 nitrogen and oxygen atoms in total. The molecule has 0 saturated carbocycles. The molecule has 0 saturated heterocycles. The molecule has 0 atom stereocenters. The number of nitrogens with zero attached hydrogens (tertiary/aromatic N) is 3. The fourth-order valence-corrected chi connectivity index (χ4v) is 5.91. The van der Waals surface area contributed by atoms with Gasteiger partial charge in [-0.2, -0.15) is 55.7 Å². The van der Waals surface area contributed by atoms with Gasteiger partial charge in [0.05, 0.1) is 22.7 Å². The molecule has 203 valence electrons. The molecule has 0 spiro atoms. The summed E-state index contributed by atoms with van der Waals surface area (Å²) < 4.78 is 94.6. The van der Waals surface area contributed by atoms with Gasteiger partial charge in [-0.1, -0.05) is 66.0 Å². The third-order valence-electron chi connectivity index (χ3n) is 7.41. The molecular formula is C30H16F6IrN3-. The van der Waals surface area contributed by atoms with Crippen LogP contribution in [0.25, 0.3) is 49.0 Å². The van der Waals surface area contributed by atoms with Gasteiger partial charge in [-0.3, -0.25) is 4.52 Å². The van der Waals surface area contributed by atoms with Crippen LogP contribution in [0.15, 0.2) is 97.2 Å². The Balaban J connectivity index is 0.00000289. The molecule has 0 aliphatic heterocycles. The molecule has 0 unspecified atom stereocenters. The van der Waals surface area contributed by atoms with Crippen LogP contribution in [-0.2, 0) is 25.6 Å². The van der Waals surface area contributed by atoms with Crippen molar-refractivity contribution in [1.82, 2.24) is 14.2 Å². The van der Waals surface area contributed by atoms with Crippen LogP contribution in [0.3, 0.4) is 0 Å². The van der Waals surface area contributed by atoms with Crippen LogP contribution in [0.5, 0.6) is 0 Å². The number of halogens is 6. The summed E-state index contributed by atoms with van der Waals surface area (Å²) >= 11 is 0. The Kier molecular flexibility index (Phi) is 5.80. The molecular weight excluding hydrogens is 709 g/mol. The molecule has 4 aromatic carbocycles. The molecule has 7 aromatic rings. The average molecular weight is 725 g/mol. The number of fused-ring (bicyclic) bond motifs is 9. The molecule has 0 fully saturated rings. The van der Waals surface area contributed by atoms with Crippen LogP contribution in [0.2, 0.25) is 0 Å². The number of para-hydroxylation sites is 3. The third-order valence-corrected chi connectivity index (χ3v) is 7.41. The Bertz CT molecular complexity index is 2000. The van der Waals surface area contributed by atoms with Crippen molar-refractivity contribution in [2.24, 2.45) is 0 Å². The van der Waals surface area contributed by atoms with E-state index in [0.717, 1.165) is 4.52 Å². The monoisotopic (exact) mass is 725 g/mol. The van der Waals surface area contributed by atoms with Gasteiger partial charge in [0.15, 0.2) is 0 Å². The van der Waals surface area contributed by atoms with E-state index in [1.54, 1.807) is 48.5 Å². The van der Waals surface area contributed by atoms with Gasteiger partial charge in [0, 0.05) is 36.4 Å². The van der Waals surface area contributed by atoms with Crippen molar-refractivity contribution in [2.75, 3.05) is 0 Å². The van der Waals surface area contributed by atoms with Crippen molar-refractivity contribution in [2.45, 2.75) is 17.9 Å². The minimum absolute atomic E-state index is 0. The van der Waals surface area contributed by atoms with Crippen LogP contribution in [0, 0.1) is 6.07 Å².